The average molecular weight is 246 g/mol. The van der Waals surface area contributed by atoms with E-state index >= 15 is 0 Å². The van der Waals surface area contributed by atoms with E-state index in [1.54, 1.807) is 11.3 Å². The number of nitrogens with one attached hydrogen (secondary N) is 1. The highest BCUT2D eigenvalue weighted by atomic mass is 35.5. The van der Waals surface area contributed by atoms with E-state index in [1.165, 1.54) is 4.88 Å². The van der Waals surface area contributed by atoms with Crippen molar-refractivity contribution >= 4 is 35.2 Å². The van der Waals surface area contributed by atoms with Crippen LogP contribution < -0.4 is 0 Å². The van der Waals surface area contributed by atoms with Gasteiger partial charge in [0.05, 0.1) is 10.9 Å². The molecule has 0 amide bonds. The van der Waals surface area contributed by atoms with Crippen LogP contribution in [0.5, 0.6) is 0 Å². The molecule has 0 atom stereocenters. The lowest BCUT2D eigenvalue weighted by atomic mass is 10.4. The Kier molecular flexibility index (Phi) is 2.71. The van der Waals surface area contributed by atoms with Crippen molar-refractivity contribution in [2.24, 2.45) is 0 Å². The summed E-state index contributed by atoms with van der Waals surface area (Å²) in [5.74, 6) is 0.888. The molecule has 0 aliphatic carbocycles. The molecule has 0 saturated carbocycles. The highest BCUT2D eigenvalue weighted by Crippen LogP contribution is 2.22. The Morgan fingerprint density at radius 3 is 2.93 bits per heavy atom. The van der Waals surface area contributed by atoms with Crippen molar-refractivity contribution in [3.63, 3.8) is 0 Å². The first kappa shape index (κ1) is 9.89. The van der Waals surface area contributed by atoms with E-state index < -0.39 is 0 Å². The number of aromatic nitrogens is 3. The summed E-state index contributed by atoms with van der Waals surface area (Å²) in [5.41, 5.74) is 0. The molecule has 2 aromatic heterocycles. The number of halogens is 1. The lowest BCUT2D eigenvalue weighted by Crippen LogP contribution is -2.00. The predicted octanol–water partition coefficient (Wildman–Crippen LogP) is 3.01. The van der Waals surface area contributed by atoms with Crippen molar-refractivity contribution in [1.82, 2.24) is 14.8 Å². The van der Waals surface area contributed by atoms with Gasteiger partial charge >= 0.3 is 0 Å². The molecule has 0 unspecified atom stereocenters. The lowest BCUT2D eigenvalue weighted by molar-refractivity contribution is 0.761. The van der Waals surface area contributed by atoms with Crippen LogP contribution in [0.25, 0.3) is 0 Å². The van der Waals surface area contributed by atoms with Gasteiger partial charge < -0.3 is 0 Å². The zero-order chi connectivity index (χ0) is 10.1. The van der Waals surface area contributed by atoms with Crippen LogP contribution in [0.2, 0.25) is 4.34 Å². The monoisotopic (exact) mass is 245 g/mol. The minimum atomic E-state index is 0.645. The van der Waals surface area contributed by atoms with Gasteiger partial charge in [0.25, 0.3) is 0 Å². The average Bonchev–Trinajstić information content (AvgIpc) is 2.67. The van der Waals surface area contributed by atoms with Crippen LogP contribution in [0.4, 0.5) is 0 Å². The second-order valence-corrected chi connectivity index (χ2v) is 5.05. The van der Waals surface area contributed by atoms with E-state index in [4.69, 9.17) is 23.8 Å². The first-order valence-corrected chi connectivity index (χ1v) is 5.63. The van der Waals surface area contributed by atoms with Crippen LogP contribution in [0.3, 0.4) is 0 Å². The Labute approximate surface area is 95.3 Å². The minimum Gasteiger partial charge on any atom is -0.299 e. The first-order chi connectivity index (χ1) is 6.66. The van der Waals surface area contributed by atoms with Gasteiger partial charge in [-0.05, 0) is 31.3 Å². The van der Waals surface area contributed by atoms with Crippen molar-refractivity contribution < 1.29 is 0 Å². The topological polar surface area (TPSA) is 33.6 Å². The van der Waals surface area contributed by atoms with Gasteiger partial charge in [0.2, 0.25) is 0 Å². The van der Waals surface area contributed by atoms with Crippen molar-refractivity contribution in [2.75, 3.05) is 0 Å². The van der Waals surface area contributed by atoms with Gasteiger partial charge in [0.1, 0.15) is 5.82 Å². The SMILES string of the molecule is Cc1n[nH]c(=S)n1Cc1ccc(Cl)s1. The molecule has 0 bridgehead atoms. The third-order valence-electron chi connectivity index (χ3n) is 1.89. The molecule has 0 aromatic carbocycles. The van der Waals surface area contributed by atoms with Gasteiger partial charge in [-0.3, -0.25) is 9.67 Å². The van der Waals surface area contributed by atoms with E-state index in [-0.39, 0.29) is 0 Å². The molecule has 1 N–H and O–H groups in total. The second kappa shape index (κ2) is 3.84. The lowest BCUT2D eigenvalue weighted by Gasteiger charge is -2.00. The molecular weight excluding hydrogens is 238 g/mol. The van der Waals surface area contributed by atoms with Crippen LogP contribution in [-0.4, -0.2) is 14.8 Å². The third kappa shape index (κ3) is 1.89. The quantitative estimate of drug-likeness (QED) is 0.826. The molecule has 0 aliphatic rings. The fourth-order valence-corrected chi connectivity index (χ4v) is 2.49. The van der Waals surface area contributed by atoms with E-state index in [0.29, 0.717) is 4.77 Å². The molecule has 2 rings (SSSR count). The largest absolute Gasteiger partial charge is 0.299 e. The standard InChI is InChI=1S/C8H8ClN3S2/c1-5-10-11-8(13)12(5)4-6-2-3-7(9)14-6/h2-3H,4H2,1H3,(H,11,13). The van der Waals surface area contributed by atoms with Crippen molar-refractivity contribution in [3.05, 3.63) is 31.9 Å². The van der Waals surface area contributed by atoms with Crippen LogP contribution in [-0.2, 0) is 6.54 Å². The minimum absolute atomic E-state index is 0.645. The molecule has 6 heteroatoms. The van der Waals surface area contributed by atoms with Gasteiger partial charge in [-0.25, -0.2) is 0 Å². The van der Waals surface area contributed by atoms with Gasteiger partial charge in [-0.2, -0.15) is 5.10 Å². The number of nitrogens with zero attached hydrogens (tertiary/aromatic N) is 2. The van der Waals surface area contributed by atoms with E-state index in [9.17, 15) is 0 Å². The van der Waals surface area contributed by atoms with Gasteiger partial charge in [0, 0.05) is 4.88 Å². The summed E-state index contributed by atoms with van der Waals surface area (Å²) >= 11 is 12.5. The number of aryl methyl sites for hydroxylation is 1. The van der Waals surface area contributed by atoms with Crippen LogP contribution >= 0.6 is 35.2 Å². The summed E-state index contributed by atoms with van der Waals surface area (Å²) in [6, 6.07) is 3.89. The number of thiophene rings is 1. The molecule has 3 nitrogen and oxygen atoms in total. The molecule has 0 radical (unpaired) electrons. The smallest absolute Gasteiger partial charge is 0.195 e. The van der Waals surface area contributed by atoms with Crippen LogP contribution in [0, 0.1) is 11.7 Å². The maximum Gasteiger partial charge on any atom is 0.195 e. The Bertz CT molecular complexity index is 497. The third-order valence-corrected chi connectivity index (χ3v) is 3.42. The summed E-state index contributed by atoms with van der Waals surface area (Å²) < 4.78 is 3.39. The zero-order valence-electron chi connectivity index (χ0n) is 7.45. The molecule has 0 spiro atoms. The summed E-state index contributed by atoms with van der Waals surface area (Å²) in [5, 5.41) is 6.79. The van der Waals surface area contributed by atoms with E-state index in [2.05, 4.69) is 10.2 Å². The normalized spacial score (nSPS) is 10.7. The van der Waals surface area contributed by atoms with Gasteiger partial charge in [-0.1, -0.05) is 11.6 Å². The van der Waals surface area contributed by atoms with Gasteiger partial charge in [-0.15, -0.1) is 11.3 Å². The fourth-order valence-electron chi connectivity index (χ4n) is 1.18. The highest BCUT2D eigenvalue weighted by Gasteiger charge is 2.03. The van der Waals surface area contributed by atoms with Crippen molar-refractivity contribution in [2.45, 2.75) is 13.5 Å². The number of H-pyrrole nitrogens is 1. The Morgan fingerprint density at radius 1 is 1.64 bits per heavy atom. The maximum atomic E-state index is 5.84. The van der Waals surface area contributed by atoms with Crippen LogP contribution in [0.15, 0.2) is 12.1 Å². The van der Waals surface area contributed by atoms with E-state index in [0.717, 1.165) is 16.7 Å². The summed E-state index contributed by atoms with van der Waals surface area (Å²) in [7, 11) is 0. The van der Waals surface area contributed by atoms with Crippen molar-refractivity contribution in [1.29, 1.82) is 0 Å². The van der Waals surface area contributed by atoms with Gasteiger partial charge in [0.15, 0.2) is 4.77 Å². The Balaban J connectivity index is 2.31. The summed E-state index contributed by atoms with van der Waals surface area (Å²) in [4.78, 5) is 1.18. The molecular formula is C8H8ClN3S2. The van der Waals surface area contributed by atoms with E-state index in [1.807, 2.05) is 23.6 Å². The summed E-state index contributed by atoms with van der Waals surface area (Å²) in [6.07, 6.45) is 0. The van der Waals surface area contributed by atoms with Crippen LogP contribution in [0.1, 0.15) is 10.7 Å². The predicted molar refractivity (Wildman–Crippen MR) is 60.6 cm³/mol. The first-order valence-electron chi connectivity index (χ1n) is 4.03. The zero-order valence-corrected chi connectivity index (χ0v) is 9.84. The Hall–Kier alpha value is -0.650. The molecule has 2 aromatic rings. The molecule has 14 heavy (non-hydrogen) atoms. The maximum absolute atomic E-state index is 5.84. The molecule has 0 saturated heterocycles. The number of aromatic amines is 1. The fraction of sp³-hybridized carbons (Fsp3) is 0.250. The highest BCUT2D eigenvalue weighted by molar-refractivity contribution is 7.71. The second-order valence-electron chi connectivity index (χ2n) is 2.87. The number of hydrogen-bond acceptors (Lipinski definition) is 3. The summed E-state index contributed by atoms with van der Waals surface area (Å²) in [6.45, 7) is 2.65. The number of hydrogen-bond donors (Lipinski definition) is 1. The Morgan fingerprint density at radius 2 is 2.43 bits per heavy atom. The molecule has 74 valence electrons. The molecule has 2 heterocycles. The molecule has 0 fully saturated rings. The molecule has 0 aliphatic heterocycles. The number of rotatable bonds is 2. The van der Waals surface area contributed by atoms with Crippen molar-refractivity contribution in [3.8, 4) is 0 Å².